The van der Waals surface area contributed by atoms with Crippen molar-refractivity contribution < 1.29 is 4.39 Å². The van der Waals surface area contributed by atoms with E-state index >= 15 is 0 Å². The lowest BCUT2D eigenvalue weighted by atomic mass is 10.0. The molecule has 2 aromatic carbocycles. The normalized spacial score (nSPS) is 11.4. The lowest BCUT2D eigenvalue weighted by Gasteiger charge is -2.12. The van der Waals surface area contributed by atoms with E-state index in [2.05, 4.69) is 31.2 Å². The number of hydrogen-bond donors (Lipinski definition) is 2. The molecule has 0 aliphatic heterocycles. The van der Waals surface area contributed by atoms with Crippen molar-refractivity contribution in [2.45, 2.75) is 0 Å². The summed E-state index contributed by atoms with van der Waals surface area (Å²) in [6.07, 6.45) is 5.45. The number of halogens is 1. The Balaban J connectivity index is 1.48. The van der Waals surface area contributed by atoms with E-state index in [9.17, 15) is 4.39 Å². The summed E-state index contributed by atoms with van der Waals surface area (Å²) >= 11 is 0. The van der Waals surface area contributed by atoms with Gasteiger partial charge in [0, 0.05) is 43.2 Å². The smallest absolute Gasteiger partial charge is 0.159 e. The van der Waals surface area contributed by atoms with Gasteiger partial charge in [0.05, 0.1) is 28.3 Å². The molecule has 0 bridgehead atoms. The number of pyridine rings is 2. The van der Waals surface area contributed by atoms with Crippen LogP contribution in [0.3, 0.4) is 0 Å². The Kier molecular flexibility index (Phi) is 4.58. The topological polar surface area (TPSA) is 86.4 Å². The van der Waals surface area contributed by atoms with Gasteiger partial charge in [-0.25, -0.2) is 14.4 Å². The molecule has 0 saturated carbocycles. The van der Waals surface area contributed by atoms with Gasteiger partial charge < -0.3 is 9.88 Å². The number of benzene rings is 2. The Bertz CT molecular complexity index is 1670. The Morgan fingerprint density at radius 1 is 0.882 bits per heavy atom. The van der Waals surface area contributed by atoms with Gasteiger partial charge in [0.15, 0.2) is 11.5 Å². The number of anilines is 1. The average molecular weight is 449 g/mol. The summed E-state index contributed by atoms with van der Waals surface area (Å²) in [4.78, 5) is 19.1. The summed E-state index contributed by atoms with van der Waals surface area (Å²) in [5, 5.41) is 8.34. The van der Waals surface area contributed by atoms with Crippen LogP contribution in [0.15, 0.2) is 73.2 Å². The van der Waals surface area contributed by atoms with Crippen LogP contribution in [0.2, 0.25) is 0 Å². The van der Waals surface area contributed by atoms with E-state index in [4.69, 9.17) is 4.98 Å². The molecular formula is C26H20FN7. The molecule has 0 atom stereocenters. The first-order chi connectivity index (χ1) is 16.6. The van der Waals surface area contributed by atoms with Gasteiger partial charge in [-0.1, -0.05) is 24.3 Å². The maximum atomic E-state index is 13.8. The summed E-state index contributed by atoms with van der Waals surface area (Å²) in [7, 11) is 3.96. The molecule has 0 spiro atoms. The number of nitrogens with zero attached hydrogens (tertiary/aromatic N) is 5. The minimum Gasteiger partial charge on any atom is -0.376 e. The van der Waals surface area contributed by atoms with E-state index in [1.165, 1.54) is 12.1 Å². The Hall–Kier alpha value is -4.59. The molecule has 6 aromatic rings. The molecule has 0 radical (unpaired) electrons. The van der Waals surface area contributed by atoms with Crippen molar-refractivity contribution in [2.24, 2.45) is 0 Å². The summed E-state index contributed by atoms with van der Waals surface area (Å²) in [6, 6.07) is 16.5. The van der Waals surface area contributed by atoms with Gasteiger partial charge in [0.2, 0.25) is 0 Å². The van der Waals surface area contributed by atoms with Crippen molar-refractivity contribution in [1.82, 2.24) is 30.1 Å². The molecule has 7 nitrogen and oxygen atoms in total. The number of nitrogens with one attached hydrogen (secondary N) is 2. The number of H-pyrrole nitrogens is 2. The second-order valence-electron chi connectivity index (χ2n) is 8.32. The van der Waals surface area contributed by atoms with E-state index in [1.54, 1.807) is 12.3 Å². The van der Waals surface area contributed by atoms with E-state index in [0.717, 1.165) is 44.4 Å². The SMILES string of the molecule is CN(C)c1cncc(-c2cnc3[nH]nc(-c4nc5c(-c6cccc(F)c6)cccc5[nH]4)c3c2)c1. The zero-order chi connectivity index (χ0) is 23.2. The molecule has 6 rings (SSSR count). The Morgan fingerprint density at radius 2 is 1.74 bits per heavy atom. The molecule has 8 heteroatoms. The van der Waals surface area contributed by atoms with Gasteiger partial charge in [-0.3, -0.25) is 10.1 Å². The van der Waals surface area contributed by atoms with Crippen LogP contribution in [0.5, 0.6) is 0 Å². The molecule has 0 fully saturated rings. The standard InChI is InChI=1S/C26H20FN7/c1-34(2)19-10-16(12-28-14-19)17-11-21-24(32-33-25(21)29-13-17)26-30-22-8-4-7-20(23(22)31-26)15-5-3-6-18(27)9-15/h3-14H,1-2H3,(H,30,31)(H,29,32,33). The molecule has 4 aromatic heterocycles. The zero-order valence-electron chi connectivity index (χ0n) is 18.5. The van der Waals surface area contributed by atoms with E-state index < -0.39 is 0 Å². The molecule has 0 unspecified atom stereocenters. The first-order valence-corrected chi connectivity index (χ1v) is 10.8. The molecule has 2 N–H and O–H groups in total. The minimum absolute atomic E-state index is 0.282. The first-order valence-electron chi connectivity index (χ1n) is 10.8. The van der Waals surface area contributed by atoms with E-state index in [0.29, 0.717) is 17.2 Å². The minimum atomic E-state index is -0.282. The number of fused-ring (bicyclic) bond motifs is 2. The number of hydrogen-bond acceptors (Lipinski definition) is 5. The quantitative estimate of drug-likeness (QED) is 0.375. The second kappa shape index (κ2) is 7.77. The molecule has 4 heterocycles. The first kappa shape index (κ1) is 20.0. The van der Waals surface area contributed by atoms with Gasteiger partial charge in [-0.2, -0.15) is 5.10 Å². The Morgan fingerprint density at radius 3 is 2.59 bits per heavy atom. The number of para-hydroxylation sites is 1. The van der Waals surface area contributed by atoms with Crippen LogP contribution in [-0.2, 0) is 0 Å². The highest BCUT2D eigenvalue weighted by Gasteiger charge is 2.16. The highest BCUT2D eigenvalue weighted by atomic mass is 19.1. The molecule has 0 amide bonds. The van der Waals surface area contributed by atoms with Crippen LogP contribution in [0, 0.1) is 5.82 Å². The third kappa shape index (κ3) is 3.36. The highest BCUT2D eigenvalue weighted by molar-refractivity contribution is 5.97. The monoisotopic (exact) mass is 449 g/mol. The molecule has 34 heavy (non-hydrogen) atoms. The van der Waals surface area contributed by atoms with Crippen molar-refractivity contribution in [2.75, 3.05) is 19.0 Å². The van der Waals surface area contributed by atoms with Crippen LogP contribution < -0.4 is 4.90 Å². The van der Waals surface area contributed by atoms with Gasteiger partial charge >= 0.3 is 0 Å². The van der Waals surface area contributed by atoms with Gasteiger partial charge in [0.1, 0.15) is 11.5 Å². The fourth-order valence-electron chi connectivity index (χ4n) is 4.11. The van der Waals surface area contributed by atoms with Crippen molar-refractivity contribution in [3.8, 4) is 33.8 Å². The van der Waals surface area contributed by atoms with Gasteiger partial charge in [-0.15, -0.1) is 0 Å². The third-order valence-electron chi connectivity index (χ3n) is 5.86. The Labute approximate surface area is 194 Å². The lowest BCUT2D eigenvalue weighted by molar-refractivity contribution is 0.628. The van der Waals surface area contributed by atoms with E-state index in [1.807, 2.05) is 61.7 Å². The number of aromatic nitrogens is 6. The lowest BCUT2D eigenvalue weighted by Crippen LogP contribution is -2.08. The fourth-order valence-corrected chi connectivity index (χ4v) is 4.11. The summed E-state index contributed by atoms with van der Waals surface area (Å²) in [5.41, 5.74) is 7.47. The molecule has 166 valence electrons. The van der Waals surface area contributed by atoms with Crippen LogP contribution in [0.25, 0.3) is 55.8 Å². The summed E-state index contributed by atoms with van der Waals surface area (Å²) < 4.78 is 13.8. The molecule has 0 aliphatic rings. The van der Waals surface area contributed by atoms with Crippen LogP contribution in [0.4, 0.5) is 10.1 Å². The number of imidazole rings is 1. The van der Waals surface area contributed by atoms with Crippen LogP contribution in [0.1, 0.15) is 0 Å². The predicted molar refractivity (Wildman–Crippen MR) is 132 cm³/mol. The molecular weight excluding hydrogens is 429 g/mol. The average Bonchev–Trinajstić information content (AvgIpc) is 3.47. The fraction of sp³-hybridized carbons (Fsp3) is 0.0769. The highest BCUT2D eigenvalue weighted by Crippen LogP contribution is 2.33. The van der Waals surface area contributed by atoms with Crippen molar-refractivity contribution in [3.63, 3.8) is 0 Å². The molecule has 0 saturated heterocycles. The number of rotatable bonds is 4. The maximum absolute atomic E-state index is 13.8. The van der Waals surface area contributed by atoms with Crippen molar-refractivity contribution in [3.05, 3.63) is 79.0 Å². The second-order valence-corrected chi connectivity index (χ2v) is 8.32. The third-order valence-corrected chi connectivity index (χ3v) is 5.86. The van der Waals surface area contributed by atoms with Crippen LogP contribution in [-0.4, -0.2) is 44.2 Å². The zero-order valence-corrected chi connectivity index (χ0v) is 18.5. The van der Waals surface area contributed by atoms with E-state index in [-0.39, 0.29) is 5.82 Å². The van der Waals surface area contributed by atoms with Gasteiger partial charge in [-0.05, 0) is 35.9 Å². The molecule has 0 aliphatic carbocycles. The van der Waals surface area contributed by atoms with Crippen LogP contribution >= 0.6 is 0 Å². The summed E-state index contributed by atoms with van der Waals surface area (Å²) in [5.74, 6) is 0.333. The predicted octanol–water partition coefficient (Wildman–Crippen LogP) is 5.44. The maximum Gasteiger partial charge on any atom is 0.159 e. The largest absolute Gasteiger partial charge is 0.376 e. The van der Waals surface area contributed by atoms with Crippen molar-refractivity contribution in [1.29, 1.82) is 0 Å². The summed E-state index contributed by atoms with van der Waals surface area (Å²) in [6.45, 7) is 0. The number of aromatic amines is 2. The van der Waals surface area contributed by atoms with Gasteiger partial charge in [0.25, 0.3) is 0 Å². The van der Waals surface area contributed by atoms with Crippen molar-refractivity contribution >= 4 is 27.8 Å².